The molecule has 0 aliphatic carbocycles. The van der Waals surface area contributed by atoms with Gasteiger partial charge in [0.1, 0.15) is 5.82 Å². The molecule has 20 heavy (non-hydrogen) atoms. The third kappa shape index (κ3) is 2.27. The SMILES string of the molecule is Cc1cc(C)c2nc(N3CCCC3)c(C(=O)Cl)cc2c1. The Balaban J connectivity index is 2.26. The molecule has 1 aliphatic heterocycles. The van der Waals surface area contributed by atoms with Crippen LogP contribution in [0.3, 0.4) is 0 Å². The topological polar surface area (TPSA) is 33.2 Å². The van der Waals surface area contributed by atoms with Gasteiger partial charge in [-0.3, -0.25) is 4.79 Å². The molecule has 2 aromatic rings. The minimum absolute atomic E-state index is 0.430. The Bertz CT molecular complexity index is 690. The van der Waals surface area contributed by atoms with Gasteiger partial charge in [-0.1, -0.05) is 11.6 Å². The summed E-state index contributed by atoms with van der Waals surface area (Å²) in [5, 5.41) is 0.551. The Morgan fingerprint density at radius 1 is 1.20 bits per heavy atom. The summed E-state index contributed by atoms with van der Waals surface area (Å²) in [6.45, 7) is 5.99. The Morgan fingerprint density at radius 2 is 1.90 bits per heavy atom. The van der Waals surface area contributed by atoms with Gasteiger partial charge in [-0.25, -0.2) is 4.98 Å². The van der Waals surface area contributed by atoms with Crippen LogP contribution in [-0.2, 0) is 0 Å². The molecular formula is C16H17ClN2O. The van der Waals surface area contributed by atoms with E-state index < -0.39 is 5.24 Å². The summed E-state index contributed by atoms with van der Waals surface area (Å²) in [5.74, 6) is 0.738. The van der Waals surface area contributed by atoms with Gasteiger partial charge >= 0.3 is 0 Å². The number of fused-ring (bicyclic) bond motifs is 1. The standard InChI is InChI=1S/C16H17ClN2O/c1-10-7-11(2)14-12(8-10)9-13(15(17)20)16(18-14)19-5-3-4-6-19/h7-9H,3-6H2,1-2H3. The normalized spacial score (nSPS) is 15.1. The fourth-order valence-corrected chi connectivity index (χ4v) is 3.10. The van der Waals surface area contributed by atoms with Crippen LogP contribution < -0.4 is 4.90 Å². The lowest BCUT2D eigenvalue weighted by atomic mass is 10.0. The molecule has 1 aromatic carbocycles. The molecule has 1 aromatic heterocycles. The molecule has 0 spiro atoms. The van der Waals surface area contributed by atoms with Crippen LogP contribution >= 0.6 is 11.6 Å². The van der Waals surface area contributed by atoms with Gasteiger partial charge < -0.3 is 4.90 Å². The minimum atomic E-state index is -0.430. The van der Waals surface area contributed by atoms with E-state index in [4.69, 9.17) is 16.6 Å². The van der Waals surface area contributed by atoms with Crippen LogP contribution in [0.2, 0.25) is 0 Å². The first-order valence-corrected chi connectivity index (χ1v) is 7.31. The van der Waals surface area contributed by atoms with Crippen LogP contribution in [0, 0.1) is 13.8 Å². The van der Waals surface area contributed by atoms with Crippen LogP contribution in [0.1, 0.15) is 34.3 Å². The van der Waals surface area contributed by atoms with E-state index in [1.807, 2.05) is 19.1 Å². The molecule has 1 saturated heterocycles. The Morgan fingerprint density at radius 3 is 2.55 bits per heavy atom. The van der Waals surface area contributed by atoms with Crippen LogP contribution in [-0.4, -0.2) is 23.3 Å². The van der Waals surface area contributed by atoms with E-state index in [2.05, 4.69) is 17.9 Å². The highest BCUT2D eigenvalue weighted by Gasteiger charge is 2.21. The van der Waals surface area contributed by atoms with Gasteiger partial charge in [-0.05, 0) is 56.0 Å². The second kappa shape index (κ2) is 5.06. The number of hydrogen-bond donors (Lipinski definition) is 0. The van der Waals surface area contributed by atoms with Gasteiger partial charge in [0.25, 0.3) is 5.24 Å². The monoisotopic (exact) mass is 288 g/mol. The first-order valence-electron chi connectivity index (χ1n) is 6.93. The number of carbonyl (C=O) groups excluding carboxylic acids is 1. The molecule has 0 radical (unpaired) electrons. The summed E-state index contributed by atoms with van der Waals surface area (Å²) >= 11 is 5.76. The second-order valence-corrected chi connectivity index (χ2v) is 5.82. The van der Waals surface area contributed by atoms with E-state index in [1.165, 1.54) is 5.56 Å². The number of hydrogen-bond acceptors (Lipinski definition) is 3. The molecule has 0 unspecified atom stereocenters. The summed E-state index contributed by atoms with van der Waals surface area (Å²) in [4.78, 5) is 18.6. The average Bonchev–Trinajstić information content (AvgIpc) is 2.90. The van der Waals surface area contributed by atoms with Gasteiger partial charge in [-0.15, -0.1) is 0 Å². The highest BCUT2D eigenvalue weighted by molar-refractivity contribution is 6.68. The van der Waals surface area contributed by atoms with E-state index >= 15 is 0 Å². The van der Waals surface area contributed by atoms with Crippen molar-refractivity contribution in [3.63, 3.8) is 0 Å². The number of carbonyl (C=O) groups is 1. The molecule has 104 valence electrons. The highest BCUT2D eigenvalue weighted by atomic mass is 35.5. The van der Waals surface area contributed by atoms with E-state index in [1.54, 1.807) is 0 Å². The smallest absolute Gasteiger partial charge is 0.256 e. The Kier molecular flexibility index (Phi) is 3.38. The van der Waals surface area contributed by atoms with Crippen LogP contribution in [0.25, 0.3) is 10.9 Å². The highest BCUT2D eigenvalue weighted by Crippen LogP contribution is 2.29. The van der Waals surface area contributed by atoms with Gasteiger partial charge in [0.15, 0.2) is 0 Å². The fourth-order valence-electron chi connectivity index (χ4n) is 2.96. The van der Waals surface area contributed by atoms with Crippen LogP contribution in [0.4, 0.5) is 5.82 Å². The van der Waals surface area contributed by atoms with Crippen molar-refractivity contribution in [3.05, 3.63) is 34.9 Å². The van der Waals surface area contributed by atoms with Crippen LogP contribution in [0.15, 0.2) is 18.2 Å². The molecule has 3 rings (SSSR count). The van der Waals surface area contributed by atoms with E-state index in [9.17, 15) is 4.79 Å². The maximum absolute atomic E-state index is 11.7. The third-order valence-electron chi connectivity index (χ3n) is 3.85. The quantitative estimate of drug-likeness (QED) is 0.788. The van der Waals surface area contributed by atoms with Gasteiger partial charge in [0.05, 0.1) is 11.1 Å². The molecule has 0 amide bonds. The molecule has 0 saturated carbocycles. The third-order valence-corrected chi connectivity index (χ3v) is 4.05. The summed E-state index contributed by atoms with van der Waals surface area (Å²) in [5.41, 5.74) is 3.78. The van der Waals surface area contributed by atoms with Crippen molar-refractivity contribution in [3.8, 4) is 0 Å². The average molecular weight is 289 g/mol. The van der Waals surface area contributed by atoms with Crippen molar-refractivity contribution in [2.45, 2.75) is 26.7 Å². The van der Waals surface area contributed by atoms with Crippen molar-refractivity contribution >= 4 is 33.6 Å². The van der Waals surface area contributed by atoms with E-state index in [0.29, 0.717) is 5.56 Å². The lowest BCUT2D eigenvalue weighted by Crippen LogP contribution is -2.21. The van der Waals surface area contributed by atoms with Crippen LogP contribution in [0.5, 0.6) is 0 Å². The van der Waals surface area contributed by atoms with Gasteiger partial charge in [-0.2, -0.15) is 0 Å². The molecule has 0 atom stereocenters. The molecular weight excluding hydrogens is 272 g/mol. The molecule has 1 aliphatic rings. The zero-order chi connectivity index (χ0) is 14.3. The second-order valence-electron chi connectivity index (χ2n) is 5.48. The summed E-state index contributed by atoms with van der Waals surface area (Å²) in [7, 11) is 0. The summed E-state index contributed by atoms with van der Waals surface area (Å²) < 4.78 is 0. The molecule has 3 nitrogen and oxygen atoms in total. The lowest BCUT2D eigenvalue weighted by Gasteiger charge is -2.20. The number of aryl methyl sites for hydroxylation is 2. The number of pyridine rings is 1. The predicted octanol–water partition coefficient (Wildman–Crippen LogP) is 3.83. The summed E-state index contributed by atoms with van der Waals surface area (Å²) in [6.07, 6.45) is 2.28. The number of rotatable bonds is 2. The minimum Gasteiger partial charge on any atom is -0.356 e. The molecule has 2 heterocycles. The number of nitrogens with zero attached hydrogens (tertiary/aromatic N) is 2. The largest absolute Gasteiger partial charge is 0.356 e. The number of benzene rings is 1. The maximum atomic E-state index is 11.7. The Hall–Kier alpha value is -1.61. The van der Waals surface area contributed by atoms with E-state index in [0.717, 1.165) is 48.2 Å². The molecule has 0 bridgehead atoms. The molecule has 0 N–H and O–H groups in total. The number of anilines is 1. The van der Waals surface area contributed by atoms with E-state index in [-0.39, 0.29) is 0 Å². The van der Waals surface area contributed by atoms with Crippen molar-refractivity contribution in [1.29, 1.82) is 0 Å². The zero-order valence-corrected chi connectivity index (χ0v) is 12.5. The van der Waals surface area contributed by atoms with Crippen molar-refractivity contribution in [2.24, 2.45) is 0 Å². The number of halogens is 1. The Labute approximate surface area is 123 Å². The fraction of sp³-hybridized carbons (Fsp3) is 0.375. The van der Waals surface area contributed by atoms with Crippen molar-refractivity contribution in [2.75, 3.05) is 18.0 Å². The van der Waals surface area contributed by atoms with Gasteiger partial charge in [0.2, 0.25) is 0 Å². The van der Waals surface area contributed by atoms with Crippen molar-refractivity contribution in [1.82, 2.24) is 4.98 Å². The molecule has 1 fully saturated rings. The summed E-state index contributed by atoms with van der Waals surface area (Å²) in [6, 6.07) is 6.04. The first kappa shape index (κ1) is 13.4. The predicted molar refractivity (Wildman–Crippen MR) is 82.8 cm³/mol. The van der Waals surface area contributed by atoms with Gasteiger partial charge in [0, 0.05) is 18.5 Å². The molecule has 4 heteroatoms. The zero-order valence-electron chi connectivity index (χ0n) is 11.7. The maximum Gasteiger partial charge on any atom is 0.256 e. The number of aromatic nitrogens is 1. The first-order chi connectivity index (χ1) is 9.56. The lowest BCUT2D eigenvalue weighted by molar-refractivity contribution is 0.108. The van der Waals surface area contributed by atoms with Crippen molar-refractivity contribution < 1.29 is 4.79 Å².